The van der Waals surface area contributed by atoms with Crippen molar-refractivity contribution in [3.63, 3.8) is 0 Å². The summed E-state index contributed by atoms with van der Waals surface area (Å²) in [6, 6.07) is 15.3. The summed E-state index contributed by atoms with van der Waals surface area (Å²) >= 11 is 0.669. The van der Waals surface area contributed by atoms with Crippen molar-refractivity contribution in [1.82, 2.24) is 20.2 Å². The summed E-state index contributed by atoms with van der Waals surface area (Å²) in [6.07, 6.45) is 5.64. The summed E-state index contributed by atoms with van der Waals surface area (Å²) in [5, 5.41) is 14.7. The quantitative estimate of drug-likeness (QED) is 0.213. The van der Waals surface area contributed by atoms with E-state index in [1.807, 2.05) is 24.3 Å². The summed E-state index contributed by atoms with van der Waals surface area (Å²) in [7, 11) is 1.41. The van der Waals surface area contributed by atoms with Crippen molar-refractivity contribution in [1.29, 1.82) is 5.26 Å². The Balaban J connectivity index is 1.45. The van der Waals surface area contributed by atoms with E-state index in [1.165, 1.54) is 7.05 Å². The third-order valence-corrected chi connectivity index (χ3v) is 7.23. The smallest absolute Gasteiger partial charge is 0.266 e. The zero-order valence-electron chi connectivity index (χ0n) is 21.8. The lowest BCUT2D eigenvalue weighted by Gasteiger charge is -2.40. The Bertz CT molecular complexity index is 1380. The van der Waals surface area contributed by atoms with Crippen LogP contribution in [0.1, 0.15) is 29.6 Å². The van der Waals surface area contributed by atoms with Crippen LogP contribution in [0.4, 0.5) is 21.7 Å². The van der Waals surface area contributed by atoms with Crippen LogP contribution in [0, 0.1) is 11.5 Å². The molecule has 0 radical (unpaired) electrons. The number of carbonyl (C=O) groups is 3. The van der Waals surface area contributed by atoms with Gasteiger partial charge in [0.15, 0.2) is 11.3 Å². The predicted octanol–water partition coefficient (Wildman–Crippen LogP) is 4.10. The van der Waals surface area contributed by atoms with Crippen molar-refractivity contribution in [2.45, 2.75) is 31.3 Å². The Morgan fingerprint density at radius 2 is 1.95 bits per heavy atom. The number of benzene rings is 2. The molecule has 1 fully saturated rings. The van der Waals surface area contributed by atoms with Crippen LogP contribution in [0.25, 0.3) is 11.3 Å². The molecule has 10 nitrogen and oxygen atoms in total. The minimum absolute atomic E-state index is 0.0251. The Morgan fingerprint density at radius 1 is 1.20 bits per heavy atom. The first-order valence-corrected chi connectivity index (χ1v) is 13.6. The van der Waals surface area contributed by atoms with E-state index in [0.29, 0.717) is 48.3 Å². The van der Waals surface area contributed by atoms with E-state index in [-0.39, 0.29) is 29.5 Å². The van der Waals surface area contributed by atoms with Crippen LogP contribution in [-0.2, 0) is 9.59 Å². The highest BCUT2D eigenvalue weighted by Gasteiger charge is 2.30. The molecule has 2 heterocycles. The number of halogens is 1. The van der Waals surface area contributed by atoms with Crippen molar-refractivity contribution in [3.05, 3.63) is 66.4 Å². The van der Waals surface area contributed by atoms with Crippen LogP contribution >= 0.6 is 11.8 Å². The third kappa shape index (κ3) is 7.12. The van der Waals surface area contributed by atoms with Gasteiger partial charge < -0.3 is 15.5 Å². The van der Waals surface area contributed by atoms with Crippen LogP contribution in [0.5, 0.6) is 0 Å². The number of hydrogen-bond acceptors (Lipinski definition) is 9. The molecule has 40 heavy (non-hydrogen) atoms. The first-order valence-electron chi connectivity index (χ1n) is 12.6. The van der Waals surface area contributed by atoms with Crippen molar-refractivity contribution >= 4 is 46.5 Å². The van der Waals surface area contributed by atoms with Gasteiger partial charge in [-0.3, -0.25) is 14.4 Å². The van der Waals surface area contributed by atoms with Gasteiger partial charge in [-0.1, -0.05) is 23.9 Å². The Hall–Kier alpha value is -4.50. The SMILES string of the molecule is CN(C#N)C(=O)c1ccc(-c2ccnc(Nc3ccc(N4CCC(NC=O)CC4CC(=O)SCF)cc3)n2)cc1. The molecule has 1 aromatic heterocycles. The molecule has 2 aromatic carbocycles. The molecule has 12 heteroatoms. The van der Waals surface area contributed by atoms with Gasteiger partial charge >= 0.3 is 0 Å². The molecular weight excluding hydrogens is 533 g/mol. The fourth-order valence-corrected chi connectivity index (χ4v) is 5.04. The first-order chi connectivity index (χ1) is 19.4. The molecule has 2 amide bonds. The van der Waals surface area contributed by atoms with Gasteiger partial charge in [0.1, 0.15) is 6.01 Å². The van der Waals surface area contributed by atoms with E-state index in [9.17, 15) is 18.8 Å². The maximum Gasteiger partial charge on any atom is 0.266 e. The highest BCUT2D eigenvalue weighted by molar-refractivity contribution is 8.13. The summed E-state index contributed by atoms with van der Waals surface area (Å²) < 4.78 is 12.7. The van der Waals surface area contributed by atoms with Gasteiger partial charge in [-0.05, 0) is 55.3 Å². The average Bonchev–Trinajstić information content (AvgIpc) is 2.97. The number of piperidine rings is 1. The Labute approximate surface area is 235 Å². The first kappa shape index (κ1) is 28.5. The van der Waals surface area contributed by atoms with Gasteiger partial charge in [-0.2, -0.15) is 5.26 Å². The molecule has 2 unspecified atom stereocenters. The molecule has 1 aliphatic rings. The van der Waals surface area contributed by atoms with Crippen LogP contribution in [0.2, 0.25) is 0 Å². The van der Waals surface area contributed by atoms with Gasteiger partial charge in [-0.25, -0.2) is 19.3 Å². The molecule has 0 spiro atoms. The fraction of sp³-hybridized carbons (Fsp3) is 0.286. The topological polar surface area (TPSA) is 131 Å². The Kier molecular flexibility index (Phi) is 9.64. The van der Waals surface area contributed by atoms with Crippen LogP contribution in [0.15, 0.2) is 60.8 Å². The fourth-order valence-electron chi connectivity index (χ4n) is 4.61. The Morgan fingerprint density at radius 3 is 2.62 bits per heavy atom. The lowest BCUT2D eigenvalue weighted by atomic mass is 9.94. The molecule has 2 N–H and O–H groups in total. The summed E-state index contributed by atoms with van der Waals surface area (Å²) in [6.45, 7) is 0.652. The lowest BCUT2D eigenvalue weighted by molar-refractivity contribution is -0.111. The second-order valence-electron chi connectivity index (χ2n) is 9.16. The second kappa shape index (κ2) is 13.5. The normalized spacial score (nSPS) is 16.5. The summed E-state index contributed by atoms with van der Waals surface area (Å²) in [5.41, 5.74) is 3.53. The van der Waals surface area contributed by atoms with Crippen molar-refractivity contribution in [2.75, 3.05) is 29.8 Å². The number of carbonyl (C=O) groups excluding carboxylic acids is 3. The maximum atomic E-state index is 12.7. The number of anilines is 3. The molecule has 1 aliphatic heterocycles. The summed E-state index contributed by atoms with van der Waals surface area (Å²) in [4.78, 5) is 47.2. The molecule has 3 aromatic rings. The van der Waals surface area contributed by atoms with Gasteiger partial charge in [0, 0.05) is 60.8 Å². The number of nitrogens with zero attached hydrogens (tertiary/aromatic N) is 5. The highest BCUT2D eigenvalue weighted by Crippen LogP contribution is 2.30. The van der Waals surface area contributed by atoms with E-state index in [1.54, 1.807) is 42.7 Å². The number of rotatable bonds is 10. The zero-order valence-corrected chi connectivity index (χ0v) is 22.6. The van der Waals surface area contributed by atoms with E-state index >= 15 is 0 Å². The maximum absolute atomic E-state index is 12.7. The average molecular weight is 562 g/mol. The number of hydrogen-bond donors (Lipinski definition) is 2. The largest absolute Gasteiger partial charge is 0.368 e. The van der Waals surface area contributed by atoms with Crippen LogP contribution in [0.3, 0.4) is 0 Å². The van der Waals surface area contributed by atoms with E-state index in [4.69, 9.17) is 5.26 Å². The summed E-state index contributed by atoms with van der Waals surface area (Å²) in [5.74, 6) is 0.00296. The van der Waals surface area contributed by atoms with E-state index in [2.05, 4.69) is 25.5 Å². The second-order valence-corrected chi connectivity index (χ2v) is 10.1. The van der Waals surface area contributed by atoms with Crippen molar-refractivity contribution in [3.8, 4) is 17.5 Å². The lowest BCUT2D eigenvalue weighted by Crippen LogP contribution is -2.49. The minimum Gasteiger partial charge on any atom is -0.368 e. The third-order valence-electron chi connectivity index (χ3n) is 6.63. The van der Waals surface area contributed by atoms with Crippen molar-refractivity contribution < 1.29 is 18.8 Å². The van der Waals surface area contributed by atoms with E-state index in [0.717, 1.165) is 28.3 Å². The zero-order chi connectivity index (χ0) is 28.5. The molecule has 2 atom stereocenters. The molecule has 0 bridgehead atoms. The molecule has 1 saturated heterocycles. The van der Waals surface area contributed by atoms with Crippen molar-refractivity contribution in [2.24, 2.45) is 0 Å². The molecule has 0 aliphatic carbocycles. The highest BCUT2D eigenvalue weighted by atomic mass is 32.2. The number of nitriles is 1. The molecule has 206 valence electrons. The number of thioether (sulfide) groups is 1. The standard InChI is InChI=1S/C28H28FN7O3S/c1-35(17-30)27(39)20-4-2-19(3-5-20)25-10-12-31-28(34-25)33-21-6-8-23(9-7-21)36-13-11-22(32-18-37)14-24(36)15-26(38)40-16-29/h2-10,12,18,22,24H,11,13-16H2,1H3,(H,32,37)(H,31,33,34). The molecular formula is C28H28FN7O3S. The molecule has 0 saturated carbocycles. The number of aromatic nitrogens is 2. The minimum atomic E-state index is -0.754. The number of amides is 2. The number of nitrogens with one attached hydrogen (secondary N) is 2. The molecule has 4 rings (SSSR count). The van der Waals surface area contributed by atoms with Gasteiger partial charge in [0.05, 0.1) is 5.69 Å². The number of alkyl halides is 1. The monoisotopic (exact) mass is 561 g/mol. The predicted molar refractivity (Wildman–Crippen MR) is 151 cm³/mol. The van der Waals surface area contributed by atoms with Gasteiger partial charge in [-0.15, -0.1) is 0 Å². The van der Waals surface area contributed by atoms with Crippen LogP contribution < -0.4 is 15.5 Å². The van der Waals surface area contributed by atoms with Crippen LogP contribution in [-0.4, -0.2) is 64.0 Å². The van der Waals surface area contributed by atoms with E-state index < -0.39 is 6.01 Å². The van der Waals surface area contributed by atoms with Gasteiger partial charge in [0.25, 0.3) is 5.91 Å². The van der Waals surface area contributed by atoms with Gasteiger partial charge in [0.2, 0.25) is 12.4 Å².